The third kappa shape index (κ3) is 3.41. The second-order valence-corrected chi connectivity index (χ2v) is 6.37. The largest absolute Gasteiger partial charge is 0.496 e. The molecule has 0 aliphatic heterocycles. The number of hydrogen-bond donors (Lipinski definition) is 1. The summed E-state index contributed by atoms with van der Waals surface area (Å²) in [6, 6.07) is 11.2. The lowest BCUT2D eigenvalue weighted by Gasteiger charge is -2.09. The first kappa shape index (κ1) is 17.9. The van der Waals surface area contributed by atoms with Gasteiger partial charge in [0.2, 0.25) is 5.78 Å². The first-order valence-corrected chi connectivity index (χ1v) is 8.24. The maximum absolute atomic E-state index is 13.0. The number of ketones is 1. The molecule has 0 aliphatic carbocycles. The van der Waals surface area contributed by atoms with Crippen molar-refractivity contribution in [1.29, 1.82) is 0 Å². The van der Waals surface area contributed by atoms with E-state index >= 15 is 0 Å². The number of carbonyl (C=O) groups excluding carboxylic acids is 1. The average Bonchev–Trinajstić information content (AvgIpc) is 3.02. The molecular formula is C18H13F3N2O2S. The van der Waals surface area contributed by atoms with Gasteiger partial charge in [0.1, 0.15) is 10.6 Å². The molecule has 1 aromatic heterocycles. The zero-order valence-electron chi connectivity index (χ0n) is 13.5. The third-order valence-corrected chi connectivity index (χ3v) is 4.55. The Hall–Kier alpha value is -2.87. The van der Waals surface area contributed by atoms with Crippen LogP contribution in [0.1, 0.15) is 20.8 Å². The molecule has 0 unspecified atom stereocenters. The molecule has 134 valence electrons. The highest BCUT2D eigenvalue weighted by atomic mass is 32.1. The number of carbonyl (C=O) groups is 1. The maximum Gasteiger partial charge on any atom is 0.416 e. The number of hydrogen-bond acceptors (Lipinski definition) is 5. The number of methoxy groups -OCH3 is 1. The van der Waals surface area contributed by atoms with E-state index in [4.69, 9.17) is 10.5 Å². The number of nitrogens with two attached hydrogens (primary N) is 1. The van der Waals surface area contributed by atoms with Gasteiger partial charge in [0.05, 0.1) is 23.9 Å². The van der Waals surface area contributed by atoms with Gasteiger partial charge in [-0.2, -0.15) is 13.2 Å². The molecule has 3 aromatic rings. The van der Waals surface area contributed by atoms with Crippen molar-refractivity contribution >= 4 is 22.3 Å². The number of nitrogens with zero attached hydrogens (tertiary/aromatic N) is 1. The molecule has 1 heterocycles. The Morgan fingerprint density at radius 3 is 2.58 bits per heavy atom. The van der Waals surface area contributed by atoms with Crippen molar-refractivity contribution in [1.82, 2.24) is 4.98 Å². The fourth-order valence-corrected chi connectivity index (χ4v) is 3.29. The number of thiazole rings is 1. The fourth-order valence-electron chi connectivity index (χ4n) is 2.48. The van der Waals surface area contributed by atoms with Crippen LogP contribution in [-0.2, 0) is 6.18 Å². The second-order valence-electron chi connectivity index (χ2n) is 5.34. The molecule has 0 saturated carbocycles. The van der Waals surface area contributed by atoms with Gasteiger partial charge < -0.3 is 10.5 Å². The Morgan fingerprint density at radius 2 is 1.88 bits per heavy atom. The van der Waals surface area contributed by atoms with Crippen LogP contribution in [0.3, 0.4) is 0 Å². The summed E-state index contributed by atoms with van der Waals surface area (Å²) in [4.78, 5) is 17.2. The minimum absolute atomic E-state index is 0.0932. The smallest absolute Gasteiger partial charge is 0.416 e. The molecule has 2 aromatic carbocycles. The van der Waals surface area contributed by atoms with Gasteiger partial charge in [0.15, 0.2) is 5.13 Å². The van der Waals surface area contributed by atoms with Gasteiger partial charge in [-0.1, -0.05) is 35.6 Å². The first-order valence-electron chi connectivity index (χ1n) is 7.43. The van der Waals surface area contributed by atoms with Crippen LogP contribution in [-0.4, -0.2) is 17.9 Å². The van der Waals surface area contributed by atoms with Crippen LogP contribution < -0.4 is 10.5 Å². The van der Waals surface area contributed by atoms with Crippen LogP contribution >= 0.6 is 11.3 Å². The Labute approximate surface area is 151 Å². The fraction of sp³-hybridized carbons (Fsp3) is 0.111. The Kier molecular flexibility index (Phi) is 4.69. The van der Waals surface area contributed by atoms with Gasteiger partial charge in [0, 0.05) is 5.56 Å². The van der Waals surface area contributed by atoms with E-state index in [1.807, 2.05) is 0 Å². The zero-order valence-corrected chi connectivity index (χ0v) is 14.3. The number of benzene rings is 2. The standard InChI is InChI=1S/C18H13F3N2O2S/c1-25-13-8-3-2-7-12(13)15(24)16-14(23-17(22)26-16)10-5-4-6-11(9-10)18(19,20)21/h2-9H,1H3,(H2,22,23). The van der Waals surface area contributed by atoms with Crippen LogP contribution in [0.4, 0.5) is 18.3 Å². The Bertz CT molecular complexity index is 967. The highest BCUT2D eigenvalue weighted by molar-refractivity contribution is 7.18. The zero-order chi connectivity index (χ0) is 18.9. The minimum atomic E-state index is -4.50. The summed E-state index contributed by atoms with van der Waals surface area (Å²) in [7, 11) is 1.43. The molecule has 0 amide bonds. The Balaban J connectivity index is 2.11. The molecule has 0 fully saturated rings. The first-order chi connectivity index (χ1) is 12.3. The van der Waals surface area contributed by atoms with E-state index < -0.39 is 17.5 Å². The molecule has 0 spiro atoms. The number of nitrogen functional groups attached to an aromatic ring is 1. The Morgan fingerprint density at radius 1 is 1.15 bits per heavy atom. The summed E-state index contributed by atoms with van der Waals surface area (Å²) in [6.45, 7) is 0. The third-order valence-electron chi connectivity index (χ3n) is 3.66. The van der Waals surface area contributed by atoms with Crippen molar-refractivity contribution in [2.45, 2.75) is 6.18 Å². The summed E-state index contributed by atoms with van der Waals surface area (Å²) >= 11 is 0.925. The van der Waals surface area contributed by atoms with Crippen molar-refractivity contribution < 1.29 is 22.7 Å². The van der Waals surface area contributed by atoms with E-state index in [0.717, 1.165) is 23.5 Å². The van der Waals surface area contributed by atoms with E-state index in [-0.39, 0.29) is 26.8 Å². The summed E-state index contributed by atoms with van der Waals surface area (Å²) in [5, 5.41) is 0.0932. The predicted octanol–water partition coefficient (Wildman–Crippen LogP) is 4.65. The molecule has 4 nitrogen and oxygen atoms in total. The van der Waals surface area contributed by atoms with E-state index in [9.17, 15) is 18.0 Å². The van der Waals surface area contributed by atoms with Crippen LogP contribution in [0.2, 0.25) is 0 Å². The minimum Gasteiger partial charge on any atom is -0.496 e. The molecule has 0 bridgehead atoms. The molecule has 8 heteroatoms. The van der Waals surface area contributed by atoms with Gasteiger partial charge in [-0.15, -0.1) is 0 Å². The normalized spacial score (nSPS) is 11.4. The van der Waals surface area contributed by atoms with Gasteiger partial charge in [-0.05, 0) is 24.3 Å². The predicted molar refractivity (Wildman–Crippen MR) is 93.4 cm³/mol. The highest BCUT2D eigenvalue weighted by Gasteiger charge is 2.31. The molecule has 2 N–H and O–H groups in total. The quantitative estimate of drug-likeness (QED) is 0.671. The number of aromatic nitrogens is 1. The van der Waals surface area contributed by atoms with Crippen molar-refractivity contribution in [3.8, 4) is 17.0 Å². The van der Waals surface area contributed by atoms with E-state index in [1.165, 1.54) is 19.2 Å². The summed E-state index contributed by atoms with van der Waals surface area (Å²) in [5.41, 5.74) is 5.48. The second kappa shape index (κ2) is 6.80. The number of rotatable bonds is 4. The molecule has 0 saturated heterocycles. The summed E-state index contributed by atoms with van der Waals surface area (Å²) in [5.74, 6) is -0.0523. The summed E-state index contributed by atoms with van der Waals surface area (Å²) < 4.78 is 44.1. The van der Waals surface area contributed by atoms with Gasteiger partial charge in [0.25, 0.3) is 0 Å². The van der Waals surface area contributed by atoms with Gasteiger partial charge in [-0.3, -0.25) is 4.79 Å². The topological polar surface area (TPSA) is 65.2 Å². The number of alkyl halides is 3. The van der Waals surface area contributed by atoms with Gasteiger partial charge >= 0.3 is 6.18 Å². The SMILES string of the molecule is COc1ccccc1C(=O)c1sc(N)nc1-c1cccc(C(F)(F)F)c1. The van der Waals surface area contributed by atoms with Crippen LogP contribution in [0, 0.1) is 0 Å². The van der Waals surface area contributed by atoms with Crippen molar-refractivity contribution in [3.63, 3.8) is 0 Å². The van der Waals surface area contributed by atoms with Gasteiger partial charge in [-0.25, -0.2) is 4.98 Å². The number of anilines is 1. The lowest BCUT2D eigenvalue weighted by atomic mass is 10.0. The lowest BCUT2D eigenvalue weighted by molar-refractivity contribution is -0.137. The molecule has 0 radical (unpaired) electrons. The van der Waals surface area contributed by atoms with E-state index in [0.29, 0.717) is 5.75 Å². The molecule has 0 aliphatic rings. The number of halogens is 3. The number of ether oxygens (including phenoxy) is 1. The molecule has 26 heavy (non-hydrogen) atoms. The van der Waals surface area contributed by atoms with Crippen LogP contribution in [0.25, 0.3) is 11.3 Å². The molecular weight excluding hydrogens is 365 g/mol. The monoisotopic (exact) mass is 378 g/mol. The van der Waals surface area contributed by atoms with E-state index in [2.05, 4.69) is 4.98 Å². The number of para-hydroxylation sites is 1. The lowest BCUT2D eigenvalue weighted by Crippen LogP contribution is -2.06. The molecule has 3 rings (SSSR count). The van der Waals surface area contributed by atoms with Crippen molar-refractivity contribution in [3.05, 3.63) is 64.5 Å². The highest BCUT2D eigenvalue weighted by Crippen LogP contribution is 2.36. The molecule has 0 atom stereocenters. The van der Waals surface area contributed by atoms with Crippen molar-refractivity contribution in [2.75, 3.05) is 12.8 Å². The van der Waals surface area contributed by atoms with Crippen LogP contribution in [0.5, 0.6) is 5.75 Å². The maximum atomic E-state index is 13.0. The van der Waals surface area contributed by atoms with Crippen molar-refractivity contribution in [2.24, 2.45) is 0 Å². The van der Waals surface area contributed by atoms with Crippen LogP contribution in [0.15, 0.2) is 48.5 Å². The van der Waals surface area contributed by atoms with E-state index in [1.54, 1.807) is 24.3 Å². The summed E-state index contributed by atoms with van der Waals surface area (Å²) in [6.07, 6.45) is -4.50. The average molecular weight is 378 g/mol.